The summed E-state index contributed by atoms with van der Waals surface area (Å²) in [7, 11) is 0. The molecule has 3 heteroatoms. The van der Waals surface area contributed by atoms with E-state index in [9.17, 15) is 4.79 Å². The van der Waals surface area contributed by atoms with Crippen LogP contribution in [-0.4, -0.2) is 19.0 Å². The average molecular weight is 230 g/mol. The smallest absolute Gasteiger partial charge is 0.227 e. The summed E-state index contributed by atoms with van der Waals surface area (Å²) in [5.74, 6) is 0.550. The van der Waals surface area contributed by atoms with Gasteiger partial charge >= 0.3 is 0 Å². The maximum Gasteiger partial charge on any atom is 0.227 e. The molecule has 1 heterocycles. The van der Waals surface area contributed by atoms with E-state index in [2.05, 4.69) is 18.2 Å². The molecule has 1 amide bonds. The van der Waals surface area contributed by atoms with E-state index in [1.54, 1.807) is 0 Å². The number of amides is 1. The number of fused-ring (bicyclic) bond motifs is 1. The van der Waals surface area contributed by atoms with Crippen LogP contribution < -0.4 is 10.6 Å². The third-order valence-corrected chi connectivity index (χ3v) is 3.93. The lowest BCUT2D eigenvalue weighted by Gasteiger charge is -2.17. The van der Waals surface area contributed by atoms with Crippen LogP contribution in [0.5, 0.6) is 0 Å². The van der Waals surface area contributed by atoms with Gasteiger partial charge in [0.15, 0.2) is 0 Å². The second kappa shape index (κ2) is 4.15. The Morgan fingerprint density at radius 1 is 1.29 bits per heavy atom. The molecule has 0 radical (unpaired) electrons. The van der Waals surface area contributed by atoms with Crippen LogP contribution in [0.2, 0.25) is 0 Å². The lowest BCUT2D eigenvalue weighted by molar-refractivity contribution is -0.117. The fraction of sp³-hybridized carbons (Fsp3) is 0.500. The zero-order chi connectivity index (χ0) is 11.8. The molecule has 1 unspecified atom stereocenters. The molecule has 17 heavy (non-hydrogen) atoms. The highest BCUT2D eigenvalue weighted by atomic mass is 16.2. The van der Waals surface area contributed by atoms with E-state index in [1.807, 2.05) is 4.90 Å². The molecule has 0 saturated carbocycles. The summed E-state index contributed by atoms with van der Waals surface area (Å²) in [5, 5.41) is 0. The molecule has 0 spiro atoms. The Hall–Kier alpha value is -1.35. The molecule has 90 valence electrons. The first-order valence-electron chi connectivity index (χ1n) is 6.40. The largest absolute Gasteiger partial charge is 0.330 e. The van der Waals surface area contributed by atoms with Crippen molar-refractivity contribution < 1.29 is 4.79 Å². The highest BCUT2D eigenvalue weighted by Gasteiger charge is 2.30. The molecular weight excluding hydrogens is 212 g/mol. The lowest BCUT2D eigenvalue weighted by Crippen LogP contribution is -2.25. The number of carbonyl (C=O) groups excluding carboxylic acids is 1. The van der Waals surface area contributed by atoms with Gasteiger partial charge in [-0.3, -0.25) is 4.79 Å². The number of carbonyl (C=O) groups is 1. The number of rotatable bonds is 2. The number of benzene rings is 1. The van der Waals surface area contributed by atoms with E-state index in [0.29, 0.717) is 18.9 Å². The van der Waals surface area contributed by atoms with E-state index in [1.165, 1.54) is 24.0 Å². The summed E-state index contributed by atoms with van der Waals surface area (Å²) in [6.07, 6.45) is 4.20. The fourth-order valence-electron chi connectivity index (χ4n) is 2.92. The molecular formula is C14H18N2O. The summed E-state index contributed by atoms with van der Waals surface area (Å²) in [6.45, 7) is 1.39. The number of anilines is 1. The van der Waals surface area contributed by atoms with Gasteiger partial charge in [0.1, 0.15) is 0 Å². The number of hydrogen-bond donors (Lipinski definition) is 1. The summed E-state index contributed by atoms with van der Waals surface area (Å²) >= 11 is 0. The van der Waals surface area contributed by atoms with Crippen molar-refractivity contribution in [2.24, 2.45) is 11.7 Å². The lowest BCUT2D eigenvalue weighted by atomic mass is 10.1. The molecule has 1 fully saturated rings. The highest BCUT2D eigenvalue weighted by molar-refractivity contribution is 5.95. The van der Waals surface area contributed by atoms with Gasteiger partial charge in [-0.1, -0.05) is 6.07 Å². The maximum atomic E-state index is 11.9. The minimum atomic E-state index is 0.221. The average Bonchev–Trinajstić information content (AvgIpc) is 2.93. The first-order chi connectivity index (χ1) is 8.28. The van der Waals surface area contributed by atoms with Gasteiger partial charge in [-0.2, -0.15) is 0 Å². The second-order valence-electron chi connectivity index (χ2n) is 5.12. The molecule has 1 aromatic carbocycles. The number of nitrogens with two attached hydrogens (primary N) is 1. The van der Waals surface area contributed by atoms with Crippen molar-refractivity contribution >= 4 is 11.6 Å². The predicted octanol–water partition coefficient (Wildman–Crippen LogP) is 1.49. The molecule has 3 rings (SSSR count). The molecule has 1 atom stereocenters. The molecule has 1 aliphatic heterocycles. The van der Waals surface area contributed by atoms with Crippen LogP contribution in [0.3, 0.4) is 0 Å². The Morgan fingerprint density at radius 3 is 2.88 bits per heavy atom. The maximum absolute atomic E-state index is 11.9. The van der Waals surface area contributed by atoms with Crippen LogP contribution in [0.1, 0.15) is 24.0 Å². The minimum absolute atomic E-state index is 0.221. The summed E-state index contributed by atoms with van der Waals surface area (Å²) < 4.78 is 0. The molecule has 1 aliphatic carbocycles. The predicted molar refractivity (Wildman–Crippen MR) is 68.0 cm³/mol. The van der Waals surface area contributed by atoms with Gasteiger partial charge in [-0.25, -0.2) is 0 Å². The standard InChI is InChI=1S/C14H18N2O/c15-8-10-6-14(17)16(9-10)13-5-4-11-2-1-3-12(11)7-13/h4-5,7,10H,1-3,6,8-9,15H2. The van der Waals surface area contributed by atoms with E-state index < -0.39 is 0 Å². The molecule has 0 aromatic heterocycles. The van der Waals surface area contributed by atoms with Crippen molar-refractivity contribution in [3.05, 3.63) is 29.3 Å². The van der Waals surface area contributed by atoms with E-state index in [4.69, 9.17) is 5.73 Å². The van der Waals surface area contributed by atoms with Crippen LogP contribution in [0.25, 0.3) is 0 Å². The quantitative estimate of drug-likeness (QED) is 0.836. The summed E-state index contributed by atoms with van der Waals surface area (Å²) in [6, 6.07) is 6.46. The van der Waals surface area contributed by atoms with Gasteiger partial charge in [-0.05, 0) is 55.0 Å². The Bertz CT molecular complexity index is 456. The van der Waals surface area contributed by atoms with Gasteiger partial charge in [0, 0.05) is 18.7 Å². The third kappa shape index (κ3) is 1.84. The zero-order valence-electron chi connectivity index (χ0n) is 9.98. The fourth-order valence-corrected chi connectivity index (χ4v) is 2.92. The monoisotopic (exact) mass is 230 g/mol. The van der Waals surface area contributed by atoms with Crippen molar-refractivity contribution in [1.82, 2.24) is 0 Å². The van der Waals surface area contributed by atoms with Crippen molar-refractivity contribution in [3.8, 4) is 0 Å². The first kappa shape index (κ1) is 10.8. The summed E-state index contributed by atoms with van der Waals surface area (Å²) in [4.78, 5) is 13.8. The molecule has 0 bridgehead atoms. The minimum Gasteiger partial charge on any atom is -0.330 e. The van der Waals surface area contributed by atoms with Crippen LogP contribution in [0, 0.1) is 5.92 Å². The van der Waals surface area contributed by atoms with E-state index >= 15 is 0 Å². The van der Waals surface area contributed by atoms with Crippen molar-refractivity contribution in [3.63, 3.8) is 0 Å². The Morgan fingerprint density at radius 2 is 2.12 bits per heavy atom. The van der Waals surface area contributed by atoms with E-state index in [0.717, 1.165) is 18.7 Å². The highest BCUT2D eigenvalue weighted by Crippen LogP contribution is 2.30. The van der Waals surface area contributed by atoms with Crippen LogP contribution in [-0.2, 0) is 17.6 Å². The summed E-state index contributed by atoms with van der Waals surface area (Å²) in [5.41, 5.74) is 9.59. The van der Waals surface area contributed by atoms with Gasteiger partial charge < -0.3 is 10.6 Å². The van der Waals surface area contributed by atoms with Crippen LogP contribution in [0.15, 0.2) is 18.2 Å². The normalized spacial score (nSPS) is 23.2. The molecule has 1 aromatic rings. The number of hydrogen-bond acceptors (Lipinski definition) is 2. The Labute approximate surface area is 102 Å². The Kier molecular flexibility index (Phi) is 2.63. The van der Waals surface area contributed by atoms with Crippen molar-refractivity contribution in [2.45, 2.75) is 25.7 Å². The van der Waals surface area contributed by atoms with Crippen LogP contribution in [0.4, 0.5) is 5.69 Å². The van der Waals surface area contributed by atoms with Gasteiger partial charge in [0.05, 0.1) is 0 Å². The molecule has 2 N–H and O–H groups in total. The zero-order valence-corrected chi connectivity index (χ0v) is 9.98. The number of nitrogens with zero attached hydrogens (tertiary/aromatic N) is 1. The topological polar surface area (TPSA) is 46.3 Å². The van der Waals surface area contributed by atoms with Gasteiger partial charge in [0.25, 0.3) is 0 Å². The van der Waals surface area contributed by atoms with Crippen LogP contribution >= 0.6 is 0 Å². The van der Waals surface area contributed by atoms with Gasteiger partial charge in [-0.15, -0.1) is 0 Å². The van der Waals surface area contributed by atoms with Crippen molar-refractivity contribution in [1.29, 1.82) is 0 Å². The van der Waals surface area contributed by atoms with Gasteiger partial charge in [0.2, 0.25) is 5.91 Å². The third-order valence-electron chi connectivity index (χ3n) is 3.93. The first-order valence-corrected chi connectivity index (χ1v) is 6.40. The molecule has 3 nitrogen and oxygen atoms in total. The SMILES string of the molecule is NCC1CC(=O)N(c2ccc3c(c2)CCC3)C1. The Balaban J connectivity index is 1.87. The second-order valence-corrected chi connectivity index (χ2v) is 5.12. The molecule has 2 aliphatic rings. The van der Waals surface area contributed by atoms with Crippen molar-refractivity contribution in [2.75, 3.05) is 18.0 Å². The number of aryl methyl sites for hydroxylation is 2. The van der Waals surface area contributed by atoms with E-state index in [-0.39, 0.29) is 5.91 Å². The molecule has 1 saturated heterocycles.